The van der Waals surface area contributed by atoms with Gasteiger partial charge < -0.3 is 10.1 Å². The maximum Gasteiger partial charge on any atom is 0.0740 e. The molecule has 2 nitrogen and oxygen atoms in total. The van der Waals surface area contributed by atoms with Crippen molar-refractivity contribution in [3.8, 4) is 0 Å². The van der Waals surface area contributed by atoms with Crippen LogP contribution in [0.25, 0.3) is 0 Å². The summed E-state index contributed by atoms with van der Waals surface area (Å²) in [6.45, 7) is 14.5. The predicted molar refractivity (Wildman–Crippen MR) is 69.7 cm³/mol. The Bertz CT molecular complexity index is 223. The highest BCUT2D eigenvalue weighted by molar-refractivity contribution is 4.98. The standard InChI is InChI=1S/C14H29NO/c1-7-14(5,6)16-11-9-10-13(3,4)12(11)15-8-2/h11-12,15H,7-10H2,1-6H3. The van der Waals surface area contributed by atoms with Crippen LogP contribution in [0.15, 0.2) is 0 Å². The quantitative estimate of drug-likeness (QED) is 0.777. The summed E-state index contributed by atoms with van der Waals surface area (Å²) in [6, 6.07) is 0.503. The summed E-state index contributed by atoms with van der Waals surface area (Å²) in [5, 5.41) is 3.61. The van der Waals surface area contributed by atoms with Gasteiger partial charge in [0.15, 0.2) is 0 Å². The summed E-state index contributed by atoms with van der Waals surface area (Å²) in [5.74, 6) is 0. The molecule has 2 heteroatoms. The fourth-order valence-corrected chi connectivity index (χ4v) is 2.59. The molecule has 0 bridgehead atoms. The zero-order valence-corrected chi connectivity index (χ0v) is 11.9. The van der Waals surface area contributed by atoms with Gasteiger partial charge in [0.2, 0.25) is 0 Å². The largest absolute Gasteiger partial charge is 0.371 e. The molecule has 0 heterocycles. The molecular weight excluding hydrogens is 198 g/mol. The maximum atomic E-state index is 6.29. The van der Waals surface area contributed by atoms with E-state index in [1.165, 1.54) is 12.8 Å². The first kappa shape index (κ1) is 14.0. The molecule has 1 aliphatic rings. The SMILES string of the molecule is CCNC1C(OC(C)(C)CC)CCC1(C)C. The van der Waals surface area contributed by atoms with Crippen LogP contribution in [0.1, 0.15) is 60.8 Å². The van der Waals surface area contributed by atoms with E-state index in [9.17, 15) is 0 Å². The highest BCUT2D eigenvalue weighted by Crippen LogP contribution is 2.40. The average Bonchev–Trinajstić information content (AvgIpc) is 2.45. The minimum absolute atomic E-state index is 0.0127. The number of nitrogens with one attached hydrogen (secondary N) is 1. The van der Waals surface area contributed by atoms with Gasteiger partial charge in [0.1, 0.15) is 0 Å². The van der Waals surface area contributed by atoms with Gasteiger partial charge in [0, 0.05) is 6.04 Å². The van der Waals surface area contributed by atoms with Gasteiger partial charge in [-0.2, -0.15) is 0 Å². The van der Waals surface area contributed by atoms with Crippen LogP contribution in [0.3, 0.4) is 0 Å². The summed E-state index contributed by atoms with van der Waals surface area (Å²) >= 11 is 0. The lowest BCUT2D eigenvalue weighted by Crippen LogP contribution is -2.47. The zero-order valence-electron chi connectivity index (χ0n) is 11.9. The summed E-state index contributed by atoms with van der Waals surface area (Å²) in [4.78, 5) is 0. The van der Waals surface area contributed by atoms with Crippen LogP contribution >= 0.6 is 0 Å². The van der Waals surface area contributed by atoms with Crippen molar-refractivity contribution >= 4 is 0 Å². The Morgan fingerprint density at radius 2 is 1.94 bits per heavy atom. The van der Waals surface area contributed by atoms with Crippen molar-refractivity contribution in [1.82, 2.24) is 5.32 Å². The average molecular weight is 227 g/mol. The third-order valence-electron chi connectivity index (χ3n) is 4.03. The third kappa shape index (κ3) is 3.21. The molecule has 16 heavy (non-hydrogen) atoms. The van der Waals surface area contributed by atoms with E-state index >= 15 is 0 Å². The highest BCUT2D eigenvalue weighted by Gasteiger charge is 2.43. The Kier molecular flexibility index (Phi) is 4.42. The predicted octanol–water partition coefficient (Wildman–Crippen LogP) is 3.36. The summed E-state index contributed by atoms with van der Waals surface area (Å²) in [5.41, 5.74) is 0.378. The van der Waals surface area contributed by atoms with Gasteiger partial charge in [0.05, 0.1) is 11.7 Å². The van der Waals surface area contributed by atoms with E-state index in [2.05, 4.69) is 46.9 Å². The molecule has 0 aromatic heterocycles. The maximum absolute atomic E-state index is 6.29. The fraction of sp³-hybridized carbons (Fsp3) is 1.00. The molecule has 96 valence electrons. The summed E-state index contributed by atoms with van der Waals surface area (Å²) in [6.07, 6.45) is 3.90. The summed E-state index contributed by atoms with van der Waals surface area (Å²) < 4.78 is 6.29. The second-order valence-electron chi connectivity index (χ2n) is 6.33. The molecule has 0 aromatic carbocycles. The van der Waals surface area contributed by atoms with Crippen molar-refractivity contribution in [1.29, 1.82) is 0 Å². The molecule has 1 rings (SSSR count). The lowest BCUT2D eigenvalue weighted by Gasteiger charge is -2.35. The van der Waals surface area contributed by atoms with Crippen molar-refractivity contribution in [2.24, 2.45) is 5.41 Å². The molecule has 0 radical (unpaired) electrons. The zero-order chi connectivity index (χ0) is 12.4. The Morgan fingerprint density at radius 3 is 2.44 bits per heavy atom. The lowest BCUT2D eigenvalue weighted by atomic mass is 9.87. The van der Waals surface area contributed by atoms with Crippen molar-refractivity contribution < 1.29 is 4.74 Å². The first-order chi connectivity index (χ1) is 7.32. The molecular formula is C14H29NO. The topological polar surface area (TPSA) is 21.3 Å². The third-order valence-corrected chi connectivity index (χ3v) is 4.03. The van der Waals surface area contributed by atoms with Crippen LogP contribution in [0.2, 0.25) is 0 Å². The van der Waals surface area contributed by atoms with Crippen LogP contribution in [0.5, 0.6) is 0 Å². The van der Waals surface area contributed by atoms with Gasteiger partial charge in [-0.05, 0) is 45.1 Å². The smallest absolute Gasteiger partial charge is 0.0740 e. The molecule has 2 atom stereocenters. The first-order valence-electron chi connectivity index (χ1n) is 6.73. The molecule has 0 aromatic rings. The number of ether oxygens (including phenoxy) is 1. The molecule has 1 fully saturated rings. The number of hydrogen-bond donors (Lipinski definition) is 1. The van der Waals surface area contributed by atoms with E-state index in [1.54, 1.807) is 0 Å². The number of likely N-dealkylation sites (N-methyl/N-ethyl adjacent to an activating group) is 1. The second kappa shape index (κ2) is 5.05. The Hall–Kier alpha value is -0.0800. The second-order valence-corrected chi connectivity index (χ2v) is 6.33. The van der Waals surface area contributed by atoms with E-state index in [-0.39, 0.29) is 5.60 Å². The molecule has 1 N–H and O–H groups in total. The van der Waals surface area contributed by atoms with Crippen LogP contribution < -0.4 is 5.32 Å². The van der Waals surface area contributed by atoms with Gasteiger partial charge in [0.25, 0.3) is 0 Å². The van der Waals surface area contributed by atoms with Crippen molar-refractivity contribution in [2.45, 2.75) is 78.6 Å². The van der Waals surface area contributed by atoms with E-state index < -0.39 is 0 Å². The van der Waals surface area contributed by atoms with Crippen LogP contribution in [-0.2, 0) is 4.74 Å². The van der Waals surface area contributed by atoms with Crippen molar-refractivity contribution in [2.75, 3.05) is 6.54 Å². The minimum Gasteiger partial charge on any atom is -0.371 e. The minimum atomic E-state index is 0.0127. The van der Waals surface area contributed by atoms with E-state index in [0.717, 1.165) is 13.0 Å². The van der Waals surface area contributed by atoms with Crippen LogP contribution in [0, 0.1) is 5.41 Å². The van der Waals surface area contributed by atoms with Crippen molar-refractivity contribution in [3.05, 3.63) is 0 Å². The molecule has 0 saturated heterocycles. The van der Waals surface area contributed by atoms with Crippen molar-refractivity contribution in [3.63, 3.8) is 0 Å². The Morgan fingerprint density at radius 1 is 1.31 bits per heavy atom. The first-order valence-corrected chi connectivity index (χ1v) is 6.73. The number of rotatable bonds is 5. The fourth-order valence-electron chi connectivity index (χ4n) is 2.59. The molecule has 1 aliphatic carbocycles. The van der Waals surface area contributed by atoms with Gasteiger partial charge in [-0.15, -0.1) is 0 Å². The van der Waals surface area contributed by atoms with Crippen LogP contribution in [0.4, 0.5) is 0 Å². The Balaban J connectivity index is 2.66. The monoisotopic (exact) mass is 227 g/mol. The number of hydrogen-bond acceptors (Lipinski definition) is 2. The molecule has 0 aliphatic heterocycles. The van der Waals surface area contributed by atoms with Gasteiger partial charge in [-0.3, -0.25) is 0 Å². The van der Waals surface area contributed by atoms with Crippen LogP contribution in [-0.4, -0.2) is 24.3 Å². The molecule has 1 saturated carbocycles. The van der Waals surface area contributed by atoms with E-state index in [4.69, 9.17) is 4.74 Å². The molecule has 0 amide bonds. The van der Waals surface area contributed by atoms with E-state index in [0.29, 0.717) is 17.6 Å². The van der Waals surface area contributed by atoms with Gasteiger partial charge >= 0.3 is 0 Å². The Labute approximate surface area is 101 Å². The summed E-state index contributed by atoms with van der Waals surface area (Å²) in [7, 11) is 0. The molecule has 0 spiro atoms. The molecule has 2 unspecified atom stereocenters. The van der Waals surface area contributed by atoms with Gasteiger partial charge in [-0.25, -0.2) is 0 Å². The van der Waals surface area contributed by atoms with Gasteiger partial charge in [-0.1, -0.05) is 27.7 Å². The van der Waals surface area contributed by atoms with E-state index in [1.807, 2.05) is 0 Å². The lowest BCUT2D eigenvalue weighted by molar-refractivity contribution is -0.0849. The highest BCUT2D eigenvalue weighted by atomic mass is 16.5. The normalized spacial score (nSPS) is 29.6.